The molecule has 0 aliphatic heterocycles. The molecule has 0 saturated heterocycles. The molecular formula is C21H23NO7. The largest absolute Gasteiger partial charge is 0.493 e. The molecule has 0 aliphatic carbocycles. The summed E-state index contributed by atoms with van der Waals surface area (Å²) in [5.74, 6) is -0.842. The highest BCUT2D eigenvalue weighted by Gasteiger charge is 2.15. The Bertz CT molecular complexity index is 908. The quantitative estimate of drug-likeness (QED) is 0.679. The van der Waals surface area contributed by atoms with Gasteiger partial charge < -0.3 is 24.3 Å². The van der Waals surface area contributed by atoms with Gasteiger partial charge in [-0.1, -0.05) is 6.07 Å². The molecule has 2 aromatic carbocycles. The zero-order valence-electron chi connectivity index (χ0n) is 16.7. The van der Waals surface area contributed by atoms with E-state index in [1.807, 2.05) is 6.92 Å². The van der Waals surface area contributed by atoms with E-state index >= 15 is 0 Å². The Morgan fingerprint density at radius 1 is 0.931 bits per heavy atom. The number of amides is 1. The van der Waals surface area contributed by atoms with Crippen molar-refractivity contribution in [3.8, 4) is 11.5 Å². The first-order valence-corrected chi connectivity index (χ1v) is 8.86. The lowest BCUT2D eigenvalue weighted by atomic mass is 10.1. The molecule has 2 rings (SSSR count). The Morgan fingerprint density at radius 3 is 2.28 bits per heavy atom. The van der Waals surface area contributed by atoms with E-state index in [0.717, 1.165) is 5.56 Å². The highest BCUT2D eigenvalue weighted by molar-refractivity contribution is 5.97. The second kappa shape index (κ2) is 10.1. The van der Waals surface area contributed by atoms with E-state index in [0.29, 0.717) is 29.4 Å². The number of esters is 2. The molecule has 154 valence electrons. The van der Waals surface area contributed by atoms with Crippen LogP contribution in [0.3, 0.4) is 0 Å². The molecule has 0 unspecified atom stereocenters. The van der Waals surface area contributed by atoms with Gasteiger partial charge >= 0.3 is 11.9 Å². The second-order valence-electron chi connectivity index (χ2n) is 5.94. The van der Waals surface area contributed by atoms with E-state index in [2.05, 4.69) is 10.1 Å². The molecule has 8 nitrogen and oxygen atoms in total. The van der Waals surface area contributed by atoms with E-state index in [9.17, 15) is 14.4 Å². The zero-order valence-corrected chi connectivity index (χ0v) is 16.7. The predicted octanol–water partition coefficient (Wildman–Crippen LogP) is 2.98. The van der Waals surface area contributed by atoms with Gasteiger partial charge in [-0.2, -0.15) is 0 Å². The molecule has 8 heteroatoms. The monoisotopic (exact) mass is 401 g/mol. The lowest BCUT2D eigenvalue weighted by Gasteiger charge is -2.12. The molecule has 0 atom stereocenters. The van der Waals surface area contributed by atoms with Gasteiger partial charge in [0.1, 0.15) is 0 Å². The number of carbonyl (C=O) groups excluding carboxylic acids is 3. The zero-order chi connectivity index (χ0) is 21.4. The molecule has 2 aromatic rings. The van der Waals surface area contributed by atoms with E-state index in [-0.39, 0.29) is 5.56 Å². The van der Waals surface area contributed by atoms with E-state index in [1.165, 1.54) is 32.4 Å². The molecule has 1 amide bonds. The summed E-state index contributed by atoms with van der Waals surface area (Å²) < 4.78 is 20.3. The van der Waals surface area contributed by atoms with Crippen LogP contribution in [0.25, 0.3) is 0 Å². The maximum atomic E-state index is 12.2. The van der Waals surface area contributed by atoms with Crippen LogP contribution in [-0.4, -0.2) is 45.3 Å². The Hall–Kier alpha value is -3.55. The summed E-state index contributed by atoms with van der Waals surface area (Å²) in [6, 6.07) is 9.38. The third-order valence-electron chi connectivity index (χ3n) is 3.97. The molecule has 0 heterocycles. The van der Waals surface area contributed by atoms with Gasteiger partial charge in [-0.05, 0) is 49.7 Å². The molecular weight excluding hydrogens is 378 g/mol. The van der Waals surface area contributed by atoms with Crippen LogP contribution in [0.15, 0.2) is 36.4 Å². The Balaban J connectivity index is 2.00. The smallest absolute Gasteiger partial charge is 0.338 e. The fourth-order valence-corrected chi connectivity index (χ4v) is 2.47. The Morgan fingerprint density at radius 2 is 1.62 bits per heavy atom. The van der Waals surface area contributed by atoms with Crippen molar-refractivity contribution in [2.75, 3.05) is 32.8 Å². The standard InChI is InChI=1S/C21H23NO7/c1-5-28-17-9-8-15(11-18(17)26-3)21(25)29-12-19(23)22-16-10-14(20(24)27-4)7-6-13(16)2/h6-11H,5,12H2,1-4H3,(H,22,23). The highest BCUT2D eigenvalue weighted by Crippen LogP contribution is 2.28. The molecule has 0 saturated carbocycles. The number of hydrogen-bond acceptors (Lipinski definition) is 7. The molecule has 1 N–H and O–H groups in total. The summed E-state index contributed by atoms with van der Waals surface area (Å²) in [5.41, 5.74) is 1.69. The second-order valence-corrected chi connectivity index (χ2v) is 5.94. The van der Waals surface area contributed by atoms with Crippen LogP contribution < -0.4 is 14.8 Å². The van der Waals surface area contributed by atoms with Gasteiger partial charge in [0.25, 0.3) is 5.91 Å². The number of ether oxygens (including phenoxy) is 4. The van der Waals surface area contributed by atoms with Gasteiger partial charge in [0.05, 0.1) is 32.0 Å². The minimum Gasteiger partial charge on any atom is -0.493 e. The summed E-state index contributed by atoms with van der Waals surface area (Å²) >= 11 is 0. The molecule has 0 bridgehead atoms. The molecule has 0 spiro atoms. The first kappa shape index (κ1) is 21.7. The van der Waals surface area contributed by atoms with Gasteiger partial charge in [0.2, 0.25) is 0 Å². The first-order valence-electron chi connectivity index (χ1n) is 8.86. The molecule has 0 aliphatic rings. The number of anilines is 1. The lowest BCUT2D eigenvalue weighted by molar-refractivity contribution is -0.119. The van der Waals surface area contributed by atoms with Gasteiger partial charge in [0.15, 0.2) is 18.1 Å². The normalized spacial score (nSPS) is 10.1. The minimum atomic E-state index is -0.679. The SMILES string of the molecule is CCOc1ccc(C(=O)OCC(=O)Nc2cc(C(=O)OC)ccc2C)cc1OC. The summed E-state index contributed by atoms with van der Waals surface area (Å²) in [7, 11) is 2.74. The van der Waals surface area contributed by atoms with Crippen molar-refractivity contribution < 1.29 is 33.3 Å². The maximum absolute atomic E-state index is 12.2. The van der Waals surface area contributed by atoms with Crippen LogP contribution in [-0.2, 0) is 14.3 Å². The van der Waals surface area contributed by atoms with Crippen LogP contribution >= 0.6 is 0 Å². The van der Waals surface area contributed by atoms with Crippen LogP contribution in [0.1, 0.15) is 33.2 Å². The van der Waals surface area contributed by atoms with Crippen LogP contribution in [0.2, 0.25) is 0 Å². The minimum absolute atomic E-state index is 0.224. The summed E-state index contributed by atoms with van der Waals surface area (Å²) in [6.45, 7) is 3.57. The molecule has 29 heavy (non-hydrogen) atoms. The van der Waals surface area contributed by atoms with Crippen molar-refractivity contribution in [2.45, 2.75) is 13.8 Å². The maximum Gasteiger partial charge on any atom is 0.338 e. The Labute approximate surface area is 168 Å². The van der Waals surface area contributed by atoms with Crippen molar-refractivity contribution in [3.05, 3.63) is 53.1 Å². The number of carbonyl (C=O) groups is 3. The lowest BCUT2D eigenvalue weighted by Crippen LogP contribution is -2.21. The summed E-state index contributed by atoms with van der Waals surface area (Å²) in [4.78, 5) is 36.0. The number of hydrogen-bond donors (Lipinski definition) is 1. The van der Waals surface area contributed by atoms with Crippen molar-refractivity contribution in [1.29, 1.82) is 0 Å². The van der Waals surface area contributed by atoms with Crippen molar-refractivity contribution in [2.24, 2.45) is 0 Å². The number of nitrogens with one attached hydrogen (secondary N) is 1. The number of benzene rings is 2. The van der Waals surface area contributed by atoms with Crippen molar-refractivity contribution >= 4 is 23.5 Å². The van der Waals surface area contributed by atoms with E-state index < -0.39 is 24.5 Å². The van der Waals surface area contributed by atoms with Gasteiger partial charge in [-0.25, -0.2) is 9.59 Å². The fraction of sp³-hybridized carbons (Fsp3) is 0.286. The third kappa shape index (κ3) is 5.71. The number of aryl methyl sites for hydroxylation is 1. The van der Waals surface area contributed by atoms with E-state index in [1.54, 1.807) is 25.1 Å². The molecule has 0 fully saturated rings. The topological polar surface area (TPSA) is 100 Å². The van der Waals surface area contributed by atoms with Crippen molar-refractivity contribution in [1.82, 2.24) is 0 Å². The summed E-state index contributed by atoms with van der Waals surface area (Å²) in [6.07, 6.45) is 0. The van der Waals surface area contributed by atoms with Crippen LogP contribution in [0.5, 0.6) is 11.5 Å². The van der Waals surface area contributed by atoms with E-state index in [4.69, 9.17) is 14.2 Å². The van der Waals surface area contributed by atoms with Gasteiger partial charge in [-0.15, -0.1) is 0 Å². The van der Waals surface area contributed by atoms with Gasteiger partial charge in [0, 0.05) is 5.69 Å². The number of rotatable bonds is 8. The highest BCUT2D eigenvalue weighted by atomic mass is 16.5. The van der Waals surface area contributed by atoms with Crippen LogP contribution in [0, 0.1) is 6.92 Å². The third-order valence-corrected chi connectivity index (χ3v) is 3.97. The molecule has 0 radical (unpaired) electrons. The molecule has 0 aromatic heterocycles. The van der Waals surface area contributed by atoms with Crippen LogP contribution in [0.4, 0.5) is 5.69 Å². The summed E-state index contributed by atoms with van der Waals surface area (Å²) in [5, 5.41) is 2.62. The number of methoxy groups -OCH3 is 2. The fourth-order valence-electron chi connectivity index (χ4n) is 2.47. The average Bonchev–Trinajstić information content (AvgIpc) is 2.73. The van der Waals surface area contributed by atoms with Gasteiger partial charge in [-0.3, -0.25) is 4.79 Å². The predicted molar refractivity (Wildman–Crippen MR) is 106 cm³/mol. The average molecular weight is 401 g/mol. The van der Waals surface area contributed by atoms with Crippen molar-refractivity contribution in [3.63, 3.8) is 0 Å². The first-order chi connectivity index (χ1) is 13.9. The Kier molecular flexibility index (Phi) is 7.59.